The summed E-state index contributed by atoms with van der Waals surface area (Å²) in [5, 5.41) is 3.70. The van der Waals surface area contributed by atoms with Gasteiger partial charge in [0, 0.05) is 43.3 Å². The number of fused-ring (bicyclic) bond motifs is 1. The number of halogens is 3. The van der Waals surface area contributed by atoms with Crippen LogP contribution in [-0.2, 0) is 13.2 Å². The molecule has 3 rings (SSSR count). The van der Waals surface area contributed by atoms with Gasteiger partial charge in [-0.1, -0.05) is 0 Å². The second kappa shape index (κ2) is 3.71. The summed E-state index contributed by atoms with van der Waals surface area (Å²) in [7, 11) is 1.84. The van der Waals surface area contributed by atoms with Crippen LogP contribution in [-0.4, -0.2) is 22.6 Å². The predicted molar refractivity (Wildman–Crippen MR) is 61.3 cm³/mol. The van der Waals surface area contributed by atoms with Crippen molar-refractivity contribution in [2.45, 2.75) is 12.1 Å². The molecule has 0 atom stereocenters. The molecule has 1 aliphatic rings. The maximum absolute atomic E-state index is 12.6. The summed E-state index contributed by atoms with van der Waals surface area (Å²) in [6.07, 6.45) is -3.44. The van der Waals surface area contributed by atoms with Crippen LogP contribution in [0.4, 0.5) is 13.2 Å². The molecule has 0 saturated carbocycles. The molecule has 0 aromatic carbocycles. The number of nitrogens with one attached hydrogen (secondary N) is 1. The van der Waals surface area contributed by atoms with Crippen molar-refractivity contribution in [2.75, 3.05) is 13.1 Å². The number of aromatic nitrogens is 2. The van der Waals surface area contributed by atoms with Crippen molar-refractivity contribution < 1.29 is 13.2 Å². The average Bonchev–Trinajstić information content (AvgIpc) is 2.52. The largest absolute Gasteiger partial charge is 0.417 e. The highest BCUT2D eigenvalue weighted by Gasteiger charge is 2.32. The van der Waals surface area contributed by atoms with Crippen molar-refractivity contribution in [3.8, 4) is 0 Å². The first-order chi connectivity index (χ1) is 8.47. The number of nitrogens with zero attached hydrogens (tertiary/aromatic N) is 2. The molecular formula is C12H12F3N3. The van der Waals surface area contributed by atoms with Crippen LogP contribution in [0.25, 0.3) is 11.0 Å². The molecule has 2 aromatic heterocycles. The Hall–Kier alpha value is -1.56. The molecule has 18 heavy (non-hydrogen) atoms. The minimum atomic E-state index is -4.34. The van der Waals surface area contributed by atoms with Crippen LogP contribution in [0.5, 0.6) is 0 Å². The Morgan fingerprint density at radius 3 is 2.61 bits per heavy atom. The third-order valence-corrected chi connectivity index (χ3v) is 3.43. The van der Waals surface area contributed by atoms with Crippen molar-refractivity contribution in [3.05, 3.63) is 29.6 Å². The fourth-order valence-corrected chi connectivity index (χ4v) is 2.28. The van der Waals surface area contributed by atoms with Gasteiger partial charge in [0.05, 0.1) is 5.56 Å². The fourth-order valence-electron chi connectivity index (χ4n) is 2.28. The third kappa shape index (κ3) is 1.68. The lowest BCUT2D eigenvalue weighted by Gasteiger charge is -2.27. The summed E-state index contributed by atoms with van der Waals surface area (Å²) >= 11 is 0. The van der Waals surface area contributed by atoms with Crippen LogP contribution in [0.1, 0.15) is 17.2 Å². The summed E-state index contributed by atoms with van der Waals surface area (Å²) in [6.45, 7) is 1.74. The van der Waals surface area contributed by atoms with Gasteiger partial charge in [-0.15, -0.1) is 0 Å². The molecular weight excluding hydrogens is 243 g/mol. The van der Waals surface area contributed by atoms with Crippen LogP contribution < -0.4 is 5.32 Å². The maximum Gasteiger partial charge on any atom is 0.417 e. The van der Waals surface area contributed by atoms with Gasteiger partial charge in [0.2, 0.25) is 0 Å². The summed E-state index contributed by atoms with van der Waals surface area (Å²) in [5.74, 6) is 0.374. The van der Waals surface area contributed by atoms with E-state index in [-0.39, 0.29) is 0 Å². The van der Waals surface area contributed by atoms with E-state index < -0.39 is 11.7 Å². The third-order valence-electron chi connectivity index (χ3n) is 3.43. The maximum atomic E-state index is 12.6. The Morgan fingerprint density at radius 2 is 2.06 bits per heavy atom. The van der Waals surface area contributed by atoms with E-state index >= 15 is 0 Å². The molecule has 0 unspecified atom stereocenters. The normalized spacial score (nSPS) is 17.1. The van der Waals surface area contributed by atoms with Gasteiger partial charge in [-0.2, -0.15) is 13.2 Å². The summed E-state index contributed by atoms with van der Waals surface area (Å²) in [5.41, 5.74) is 0.944. The second-order valence-corrected chi connectivity index (χ2v) is 4.62. The van der Waals surface area contributed by atoms with Crippen LogP contribution in [0.2, 0.25) is 0 Å². The summed E-state index contributed by atoms with van der Waals surface area (Å²) < 4.78 is 39.7. The van der Waals surface area contributed by atoms with Crippen molar-refractivity contribution in [2.24, 2.45) is 7.05 Å². The lowest BCUT2D eigenvalue weighted by Crippen LogP contribution is -2.40. The van der Waals surface area contributed by atoms with Gasteiger partial charge in [0.15, 0.2) is 0 Å². The Morgan fingerprint density at radius 1 is 1.33 bits per heavy atom. The van der Waals surface area contributed by atoms with E-state index in [9.17, 15) is 13.2 Å². The highest BCUT2D eigenvalue weighted by Crippen LogP contribution is 2.32. The van der Waals surface area contributed by atoms with E-state index in [0.29, 0.717) is 17.0 Å². The second-order valence-electron chi connectivity index (χ2n) is 4.62. The fraction of sp³-hybridized carbons (Fsp3) is 0.417. The molecule has 1 N–H and O–H groups in total. The molecule has 0 aliphatic carbocycles. The Labute approximate surface area is 102 Å². The van der Waals surface area contributed by atoms with Gasteiger partial charge in [-0.05, 0) is 12.1 Å². The lowest BCUT2D eigenvalue weighted by molar-refractivity contribution is -0.137. The summed E-state index contributed by atoms with van der Waals surface area (Å²) in [6, 6.07) is 2.97. The molecule has 1 aliphatic heterocycles. The van der Waals surface area contributed by atoms with Crippen LogP contribution >= 0.6 is 0 Å². The van der Waals surface area contributed by atoms with Crippen molar-refractivity contribution in [3.63, 3.8) is 0 Å². The topological polar surface area (TPSA) is 29.9 Å². The van der Waals surface area contributed by atoms with Crippen molar-refractivity contribution in [1.29, 1.82) is 0 Å². The van der Waals surface area contributed by atoms with Crippen molar-refractivity contribution in [1.82, 2.24) is 14.9 Å². The molecule has 0 bridgehead atoms. The molecule has 0 amide bonds. The Bertz CT molecular complexity index is 596. The van der Waals surface area contributed by atoms with Crippen LogP contribution in [0.15, 0.2) is 18.3 Å². The number of hydrogen-bond donors (Lipinski definition) is 1. The minimum absolute atomic E-state index is 0.374. The zero-order valence-corrected chi connectivity index (χ0v) is 9.75. The lowest BCUT2D eigenvalue weighted by atomic mass is 9.99. The minimum Gasteiger partial charge on any atom is -0.332 e. The van der Waals surface area contributed by atoms with Gasteiger partial charge < -0.3 is 9.88 Å². The van der Waals surface area contributed by atoms with E-state index in [1.54, 1.807) is 0 Å². The number of hydrogen-bond acceptors (Lipinski definition) is 2. The van der Waals surface area contributed by atoms with Crippen LogP contribution in [0.3, 0.4) is 0 Å². The van der Waals surface area contributed by atoms with E-state index in [4.69, 9.17) is 0 Å². The first-order valence-electron chi connectivity index (χ1n) is 5.70. The molecule has 0 radical (unpaired) electrons. The van der Waals surface area contributed by atoms with Gasteiger partial charge >= 0.3 is 6.18 Å². The molecule has 1 saturated heterocycles. The first kappa shape index (κ1) is 11.5. The quantitative estimate of drug-likeness (QED) is 0.847. The van der Waals surface area contributed by atoms with E-state index in [1.165, 1.54) is 0 Å². The van der Waals surface area contributed by atoms with E-state index in [0.717, 1.165) is 31.0 Å². The van der Waals surface area contributed by atoms with E-state index in [2.05, 4.69) is 10.3 Å². The Balaban J connectivity index is 2.12. The molecule has 3 heterocycles. The summed E-state index contributed by atoms with van der Waals surface area (Å²) in [4.78, 5) is 3.93. The molecule has 3 nitrogen and oxygen atoms in total. The SMILES string of the molecule is Cn1c(C2CNC2)cc2cc(C(F)(F)F)cnc21. The first-order valence-corrected chi connectivity index (χ1v) is 5.70. The molecule has 0 spiro atoms. The molecule has 1 fully saturated rings. The number of aryl methyl sites for hydroxylation is 1. The zero-order chi connectivity index (χ0) is 12.9. The molecule has 96 valence electrons. The predicted octanol–water partition coefficient (Wildman–Crippen LogP) is 2.28. The van der Waals surface area contributed by atoms with Crippen molar-refractivity contribution >= 4 is 11.0 Å². The van der Waals surface area contributed by atoms with E-state index in [1.807, 2.05) is 17.7 Å². The van der Waals surface area contributed by atoms with Gasteiger partial charge in [0.25, 0.3) is 0 Å². The van der Waals surface area contributed by atoms with Gasteiger partial charge in [0.1, 0.15) is 5.65 Å². The highest BCUT2D eigenvalue weighted by atomic mass is 19.4. The monoisotopic (exact) mass is 255 g/mol. The van der Waals surface area contributed by atoms with Gasteiger partial charge in [-0.3, -0.25) is 0 Å². The number of pyridine rings is 1. The number of rotatable bonds is 1. The standard InChI is InChI=1S/C12H12F3N3/c1-18-10(8-4-16-5-8)3-7-2-9(12(13,14)15)6-17-11(7)18/h2-3,6,8,16H,4-5H2,1H3. The van der Waals surface area contributed by atoms with Crippen LogP contribution in [0, 0.1) is 0 Å². The molecule has 6 heteroatoms. The number of alkyl halides is 3. The molecule has 2 aromatic rings. The smallest absolute Gasteiger partial charge is 0.332 e. The average molecular weight is 255 g/mol. The highest BCUT2D eigenvalue weighted by molar-refractivity contribution is 5.78. The van der Waals surface area contributed by atoms with Gasteiger partial charge in [-0.25, -0.2) is 4.98 Å². The Kier molecular flexibility index (Phi) is 2.38. The zero-order valence-electron chi connectivity index (χ0n) is 9.75.